The van der Waals surface area contributed by atoms with Crippen molar-refractivity contribution in [2.45, 2.75) is 5.56 Å². The molecule has 0 aliphatic carbocycles. The first-order valence-corrected chi connectivity index (χ1v) is 4.82. The van der Waals surface area contributed by atoms with Gasteiger partial charge in [0.2, 0.25) is 5.90 Å². The van der Waals surface area contributed by atoms with Gasteiger partial charge in [0.25, 0.3) is 0 Å². The molecule has 0 bridgehead atoms. The fourth-order valence-corrected chi connectivity index (χ4v) is 1.50. The second-order valence-corrected chi connectivity index (χ2v) is 3.76. The molecule has 0 spiro atoms. The normalized spacial score (nSPS) is 20.4. The fourth-order valence-electron chi connectivity index (χ4n) is 1.18. The maximum absolute atomic E-state index is 9.55. The summed E-state index contributed by atoms with van der Waals surface area (Å²) in [4.78, 5) is 4.04. The summed E-state index contributed by atoms with van der Waals surface area (Å²) in [6.07, 6.45) is 0. The number of phenols is 1. The van der Waals surface area contributed by atoms with E-state index < -0.39 is 5.56 Å². The molecule has 0 amide bonds. The molecule has 1 aromatic rings. The molecule has 0 aromatic heterocycles. The van der Waals surface area contributed by atoms with Gasteiger partial charge in [-0.2, -0.15) is 0 Å². The van der Waals surface area contributed by atoms with Crippen LogP contribution in [0.1, 0.15) is 5.56 Å². The van der Waals surface area contributed by atoms with Crippen molar-refractivity contribution in [1.82, 2.24) is 0 Å². The zero-order chi connectivity index (χ0) is 10.1. The molecule has 1 atom stereocenters. The van der Waals surface area contributed by atoms with Gasteiger partial charge in [-0.05, 0) is 18.2 Å². The van der Waals surface area contributed by atoms with Crippen LogP contribution in [0.3, 0.4) is 0 Å². The topological polar surface area (TPSA) is 41.8 Å². The molecule has 3 nitrogen and oxygen atoms in total. The molecule has 1 N–H and O–H groups in total. The highest BCUT2D eigenvalue weighted by Crippen LogP contribution is 2.25. The molecule has 14 heavy (non-hydrogen) atoms. The van der Waals surface area contributed by atoms with Crippen molar-refractivity contribution in [3.05, 3.63) is 28.8 Å². The molecule has 1 aliphatic rings. The van der Waals surface area contributed by atoms with E-state index in [1.165, 1.54) is 6.07 Å². The number of hydrogen-bond donors (Lipinski definition) is 1. The van der Waals surface area contributed by atoms with Gasteiger partial charge in [0.1, 0.15) is 5.75 Å². The number of aliphatic imine (C=N–C) groups is 1. The number of nitrogens with zero attached hydrogens (tertiary/aromatic N) is 1. The lowest BCUT2D eigenvalue weighted by Crippen LogP contribution is -2.06. The predicted molar refractivity (Wildman–Crippen MR) is 55.2 cm³/mol. The smallest absolute Gasteiger partial charge is 0.221 e. The Morgan fingerprint density at radius 1 is 1.50 bits per heavy atom. The lowest BCUT2D eigenvalue weighted by Gasteiger charge is -2.06. The van der Waals surface area contributed by atoms with Gasteiger partial charge < -0.3 is 9.84 Å². The lowest BCUT2D eigenvalue weighted by atomic mass is 10.2. The van der Waals surface area contributed by atoms with E-state index >= 15 is 0 Å². The molecular weight excluding hydrogens is 225 g/mol. The third-order valence-corrected chi connectivity index (χ3v) is 2.27. The van der Waals surface area contributed by atoms with Gasteiger partial charge in [-0.1, -0.05) is 23.2 Å². The summed E-state index contributed by atoms with van der Waals surface area (Å²) in [5.74, 6) is 0.404. The minimum Gasteiger partial charge on any atom is -0.507 e. The molecular formula is C9H7Cl2NO2. The van der Waals surface area contributed by atoms with Crippen LogP contribution in [0.25, 0.3) is 0 Å². The number of ether oxygens (including phenoxy) is 1. The van der Waals surface area contributed by atoms with Crippen molar-refractivity contribution in [1.29, 1.82) is 0 Å². The Morgan fingerprint density at radius 2 is 2.29 bits per heavy atom. The zero-order valence-corrected chi connectivity index (χ0v) is 8.59. The average molecular weight is 232 g/mol. The van der Waals surface area contributed by atoms with Gasteiger partial charge in [0.15, 0.2) is 5.56 Å². The van der Waals surface area contributed by atoms with E-state index in [0.29, 0.717) is 23.0 Å². The molecule has 1 heterocycles. The molecule has 5 heteroatoms. The Bertz CT molecular complexity index is 392. The van der Waals surface area contributed by atoms with Gasteiger partial charge in [-0.15, -0.1) is 0 Å². The molecule has 1 aliphatic heterocycles. The molecule has 1 aromatic carbocycles. The summed E-state index contributed by atoms with van der Waals surface area (Å²) in [7, 11) is 0. The van der Waals surface area contributed by atoms with Crippen molar-refractivity contribution in [3.8, 4) is 5.75 Å². The Kier molecular flexibility index (Phi) is 2.52. The first-order chi connectivity index (χ1) is 6.66. The fraction of sp³-hybridized carbons (Fsp3) is 0.222. The second-order valence-electron chi connectivity index (χ2n) is 2.84. The van der Waals surface area contributed by atoms with Gasteiger partial charge in [0.05, 0.1) is 12.1 Å². The van der Waals surface area contributed by atoms with E-state index in [-0.39, 0.29) is 5.75 Å². The van der Waals surface area contributed by atoms with Crippen molar-refractivity contribution >= 4 is 29.1 Å². The largest absolute Gasteiger partial charge is 0.507 e. The van der Waals surface area contributed by atoms with Crippen LogP contribution in [0, 0.1) is 0 Å². The van der Waals surface area contributed by atoms with E-state index in [1.54, 1.807) is 12.1 Å². The number of rotatable bonds is 1. The van der Waals surface area contributed by atoms with E-state index in [9.17, 15) is 5.11 Å². The zero-order valence-electron chi connectivity index (χ0n) is 7.08. The third kappa shape index (κ3) is 1.79. The van der Waals surface area contributed by atoms with E-state index in [4.69, 9.17) is 27.9 Å². The van der Waals surface area contributed by atoms with Crippen LogP contribution in [0.4, 0.5) is 0 Å². The number of halogens is 2. The minimum absolute atomic E-state index is 0.0435. The Morgan fingerprint density at radius 3 is 2.86 bits per heavy atom. The number of benzene rings is 1. The molecule has 0 saturated carbocycles. The monoisotopic (exact) mass is 231 g/mol. The van der Waals surface area contributed by atoms with Crippen LogP contribution in [-0.2, 0) is 4.74 Å². The van der Waals surface area contributed by atoms with Gasteiger partial charge in [-0.3, -0.25) is 0 Å². The molecule has 0 unspecified atom stereocenters. The highest BCUT2D eigenvalue weighted by molar-refractivity contribution is 6.30. The summed E-state index contributed by atoms with van der Waals surface area (Å²) in [5, 5.41) is 10.0. The number of hydrogen-bond acceptors (Lipinski definition) is 3. The van der Waals surface area contributed by atoms with Crippen LogP contribution in [0.15, 0.2) is 23.2 Å². The maximum Gasteiger partial charge on any atom is 0.221 e. The van der Waals surface area contributed by atoms with Crippen LogP contribution >= 0.6 is 23.2 Å². The number of phenolic OH excluding ortho intramolecular Hbond substituents is 1. The minimum atomic E-state index is -0.444. The SMILES string of the molecule is Oc1cc(Cl)ccc1C1=NC[C@H](Cl)O1. The summed E-state index contributed by atoms with van der Waals surface area (Å²) < 4.78 is 5.18. The first kappa shape index (κ1) is 9.62. The van der Waals surface area contributed by atoms with Crippen LogP contribution in [0.5, 0.6) is 5.75 Å². The molecule has 2 rings (SSSR count). The van der Waals surface area contributed by atoms with Crippen LogP contribution in [-0.4, -0.2) is 23.1 Å². The Hall–Kier alpha value is -0.930. The first-order valence-electron chi connectivity index (χ1n) is 4.01. The highest BCUT2D eigenvalue weighted by Gasteiger charge is 2.20. The van der Waals surface area contributed by atoms with Crippen molar-refractivity contribution in [2.75, 3.05) is 6.54 Å². The standard InChI is InChI=1S/C9H7Cl2NO2/c10-5-1-2-6(7(13)3-5)9-12-4-8(11)14-9/h1-3,8,13H,4H2/t8-/m1/s1. The summed E-state index contributed by atoms with van der Waals surface area (Å²) in [6.45, 7) is 0.402. The van der Waals surface area contributed by atoms with Crippen molar-refractivity contribution < 1.29 is 9.84 Å². The summed E-state index contributed by atoms with van der Waals surface area (Å²) >= 11 is 11.4. The van der Waals surface area contributed by atoms with Gasteiger partial charge in [-0.25, -0.2) is 4.99 Å². The van der Waals surface area contributed by atoms with E-state index in [0.717, 1.165) is 0 Å². The molecule has 0 radical (unpaired) electrons. The quantitative estimate of drug-likeness (QED) is 0.755. The predicted octanol–water partition coefficient (Wildman–Crippen LogP) is 2.39. The average Bonchev–Trinajstić information content (AvgIpc) is 2.51. The van der Waals surface area contributed by atoms with Crippen molar-refractivity contribution in [3.63, 3.8) is 0 Å². The van der Waals surface area contributed by atoms with Crippen LogP contribution in [0.2, 0.25) is 5.02 Å². The van der Waals surface area contributed by atoms with Gasteiger partial charge >= 0.3 is 0 Å². The van der Waals surface area contributed by atoms with Crippen molar-refractivity contribution in [2.24, 2.45) is 4.99 Å². The molecule has 0 fully saturated rings. The van der Waals surface area contributed by atoms with E-state index in [2.05, 4.69) is 4.99 Å². The summed E-state index contributed by atoms with van der Waals surface area (Å²) in [5.41, 5.74) is 0.0672. The Balaban J connectivity index is 2.33. The number of alkyl halides is 1. The van der Waals surface area contributed by atoms with Gasteiger partial charge in [0, 0.05) is 5.02 Å². The third-order valence-electron chi connectivity index (χ3n) is 1.81. The van der Waals surface area contributed by atoms with Crippen LogP contribution < -0.4 is 0 Å². The number of aromatic hydroxyl groups is 1. The highest BCUT2D eigenvalue weighted by atomic mass is 35.5. The van der Waals surface area contributed by atoms with E-state index in [1.807, 2.05) is 0 Å². The Labute approximate surface area is 90.9 Å². The molecule has 74 valence electrons. The summed E-state index contributed by atoms with van der Waals surface area (Å²) in [6, 6.07) is 4.74. The molecule has 0 saturated heterocycles. The lowest BCUT2D eigenvalue weighted by molar-refractivity contribution is 0.306. The maximum atomic E-state index is 9.55. The second kappa shape index (κ2) is 3.67.